The van der Waals surface area contributed by atoms with Crippen LogP contribution in [-0.2, 0) is 12.0 Å². The molecule has 0 saturated heterocycles. The van der Waals surface area contributed by atoms with Gasteiger partial charge >= 0.3 is 0 Å². The second kappa shape index (κ2) is 3.98. The highest BCUT2D eigenvalue weighted by Gasteiger charge is 2.53. The minimum atomic E-state index is 0.256. The van der Waals surface area contributed by atoms with Gasteiger partial charge in [0.2, 0.25) is 0 Å². The Kier molecular flexibility index (Phi) is 2.47. The average Bonchev–Trinajstić information content (AvgIpc) is 2.36. The Morgan fingerprint density at radius 2 is 1.58 bits per heavy atom. The molecule has 0 aromatic carbocycles. The van der Waals surface area contributed by atoms with Crippen LogP contribution in [0.5, 0.6) is 0 Å². The molecule has 5 rings (SSSR count). The van der Waals surface area contributed by atoms with Crippen LogP contribution in [0.2, 0.25) is 0 Å². The maximum atomic E-state index is 5.73. The third-order valence-corrected chi connectivity index (χ3v) is 5.49. The van der Waals surface area contributed by atoms with Crippen molar-refractivity contribution in [3.63, 3.8) is 0 Å². The first-order valence-electron chi connectivity index (χ1n) is 7.59. The second-order valence-corrected chi connectivity index (χ2v) is 7.02. The highest BCUT2D eigenvalue weighted by atomic mass is 15.1. The summed E-state index contributed by atoms with van der Waals surface area (Å²) in [5, 5.41) is 0. The van der Waals surface area contributed by atoms with Gasteiger partial charge in [0.15, 0.2) is 0 Å². The molecule has 1 aromatic heterocycles. The van der Waals surface area contributed by atoms with Gasteiger partial charge in [-0.2, -0.15) is 0 Å². The van der Waals surface area contributed by atoms with E-state index in [1.165, 1.54) is 38.5 Å². The van der Waals surface area contributed by atoms with Crippen molar-refractivity contribution in [1.29, 1.82) is 0 Å². The lowest BCUT2D eigenvalue weighted by Crippen LogP contribution is -2.49. The highest BCUT2D eigenvalue weighted by molar-refractivity contribution is 5.18. The molecular weight excluding hydrogens is 236 g/mol. The van der Waals surface area contributed by atoms with E-state index in [0.29, 0.717) is 6.54 Å². The van der Waals surface area contributed by atoms with Gasteiger partial charge < -0.3 is 5.73 Å². The monoisotopic (exact) mass is 258 g/mol. The van der Waals surface area contributed by atoms with Crippen molar-refractivity contribution < 1.29 is 0 Å². The summed E-state index contributed by atoms with van der Waals surface area (Å²) >= 11 is 0. The molecule has 0 unspecified atom stereocenters. The molecule has 19 heavy (non-hydrogen) atoms. The molecule has 0 radical (unpaired) electrons. The lowest BCUT2D eigenvalue weighted by atomic mass is 9.49. The molecule has 4 heteroatoms. The van der Waals surface area contributed by atoms with Crippen molar-refractivity contribution in [2.75, 3.05) is 0 Å². The molecule has 0 atom stereocenters. The number of aromatic nitrogens is 3. The van der Waals surface area contributed by atoms with Crippen LogP contribution in [-0.4, -0.2) is 15.0 Å². The molecule has 2 N–H and O–H groups in total. The van der Waals surface area contributed by atoms with Crippen LogP contribution in [0.15, 0.2) is 0 Å². The Morgan fingerprint density at radius 3 is 2.11 bits per heavy atom. The van der Waals surface area contributed by atoms with Crippen LogP contribution in [0, 0.1) is 24.7 Å². The predicted octanol–water partition coefficient (Wildman–Crippen LogP) is 2.11. The van der Waals surface area contributed by atoms with Gasteiger partial charge in [0.05, 0.1) is 6.54 Å². The van der Waals surface area contributed by atoms with Crippen molar-refractivity contribution in [3.8, 4) is 0 Å². The SMILES string of the molecule is Cc1nc(CN)nc(C23CC4CC(CC(C4)C2)C3)n1. The van der Waals surface area contributed by atoms with Crippen molar-refractivity contribution >= 4 is 0 Å². The Morgan fingerprint density at radius 1 is 1.00 bits per heavy atom. The highest BCUT2D eigenvalue weighted by Crippen LogP contribution is 2.60. The topological polar surface area (TPSA) is 64.7 Å². The lowest BCUT2D eigenvalue weighted by Gasteiger charge is -2.55. The molecule has 4 aliphatic rings. The van der Waals surface area contributed by atoms with Crippen LogP contribution in [0.4, 0.5) is 0 Å². The summed E-state index contributed by atoms with van der Waals surface area (Å²) in [7, 11) is 0. The van der Waals surface area contributed by atoms with Gasteiger partial charge in [-0.1, -0.05) is 0 Å². The van der Waals surface area contributed by atoms with E-state index in [1.807, 2.05) is 6.92 Å². The van der Waals surface area contributed by atoms with Crippen molar-refractivity contribution in [2.45, 2.75) is 57.4 Å². The van der Waals surface area contributed by atoms with Crippen molar-refractivity contribution in [3.05, 3.63) is 17.5 Å². The van der Waals surface area contributed by atoms with Gasteiger partial charge in [0.1, 0.15) is 17.5 Å². The predicted molar refractivity (Wildman–Crippen MR) is 72.3 cm³/mol. The van der Waals surface area contributed by atoms with Crippen LogP contribution < -0.4 is 5.73 Å². The Bertz CT molecular complexity index is 476. The maximum Gasteiger partial charge on any atom is 0.146 e. The molecule has 1 aromatic rings. The molecule has 0 aliphatic heterocycles. The summed E-state index contributed by atoms with van der Waals surface area (Å²) in [4.78, 5) is 13.7. The number of nitrogens with zero attached hydrogens (tertiary/aromatic N) is 3. The Hall–Kier alpha value is -1.03. The number of hydrogen-bond donors (Lipinski definition) is 1. The summed E-state index contributed by atoms with van der Waals surface area (Å²) in [6.45, 7) is 2.38. The summed E-state index contributed by atoms with van der Waals surface area (Å²) in [5.74, 6) is 5.41. The smallest absolute Gasteiger partial charge is 0.146 e. The molecule has 102 valence electrons. The fraction of sp³-hybridized carbons (Fsp3) is 0.800. The number of hydrogen-bond acceptors (Lipinski definition) is 4. The van der Waals surface area contributed by atoms with E-state index >= 15 is 0 Å². The van der Waals surface area contributed by atoms with Gasteiger partial charge in [0.25, 0.3) is 0 Å². The van der Waals surface area contributed by atoms with Gasteiger partial charge in [-0.05, 0) is 63.2 Å². The van der Waals surface area contributed by atoms with Crippen molar-refractivity contribution in [2.24, 2.45) is 23.5 Å². The first kappa shape index (κ1) is 11.8. The quantitative estimate of drug-likeness (QED) is 0.882. The first-order chi connectivity index (χ1) is 9.17. The molecule has 4 bridgehead atoms. The average molecular weight is 258 g/mol. The summed E-state index contributed by atoms with van der Waals surface area (Å²) in [6.07, 6.45) is 8.25. The molecule has 1 heterocycles. The van der Waals surface area contributed by atoms with Crippen molar-refractivity contribution in [1.82, 2.24) is 15.0 Å². The van der Waals surface area contributed by atoms with Crippen LogP contribution in [0.25, 0.3) is 0 Å². The maximum absolute atomic E-state index is 5.73. The minimum Gasteiger partial charge on any atom is -0.324 e. The largest absolute Gasteiger partial charge is 0.324 e. The van der Waals surface area contributed by atoms with Gasteiger partial charge in [-0.25, -0.2) is 15.0 Å². The molecule has 4 aliphatic carbocycles. The first-order valence-corrected chi connectivity index (χ1v) is 7.59. The third kappa shape index (κ3) is 1.80. The fourth-order valence-electron chi connectivity index (χ4n) is 5.25. The fourth-order valence-corrected chi connectivity index (χ4v) is 5.25. The van der Waals surface area contributed by atoms with Gasteiger partial charge in [-0.3, -0.25) is 0 Å². The third-order valence-electron chi connectivity index (χ3n) is 5.49. The molecule has 4 nitrogen and oxygen atoms in total. The normalized spacial score (nSPS) is 39.8. The lowest BCUT2D eigenvalue weighted by molar-refractivity contribution is -0.00970. The number of rotatable bonds is 2. The van der Waals surface area contributed by atoms with Gasteiger partial charge in [-0.15, -0.1) is 0 Å². The second-order valence-electron chi connectivity index (χ2n) is 7.02. The van der Waals surface area contributed by atoms with E-state index in [-0.39, 0.29) is 5.41 Å². The summed E-state index contributed by atoms with van der Waals surface area (Å²) in [6, 6.07) is 0. The number of aryl methyl sites for hydroxylation is 1. The van der Waals surface area contributed by atoms with E-state index in [0.717, 1.165) is 35.2 Å². The minimum absolute atomic E-state index is 0.256. The van der Waals surface area contributed by atoms with Gasteiger partial charge in [0, 0.05) is 5.41 Å². The van der Waals surface area contributed by atoms with E-state index in [4.69, 9.17) is 15.7 Å². The summed E-state index contributed by atoms with van der Waals surface area (Å²) in [5.41, 5.74) is 5.98. The van der Waals surface area contributed by atoms with Crippen LogP contribution in [0.3, 0.4) is 0 Å². The Balaban J connectivity index is 1.77. The van der Waals surface area contributed by atoms with E-state index in [9.17, 15) is 0 Å². The molecule has 4 fully saturated rings. The van der Waals surface area contributed by atoms with E-state index in [1.54, 1.807) is 0 Å². The van der Waals surface area contributed by atoms with Crippen LogP contribution >= 0.6 is 0 Å². The summed E-state index contributed by atoms with van der Waals surface area (Å²) < 4.78 is 0. The Labute approximate surface area is 114 Å². The molecule has 0 amide bonds. The van der Waals surface area contributed by atoms with Crippen LogP contribution in [0.1, 0.15) is 56.0 Å². The zero-order valence-corrected chi connectivity index (χ0v) is 11.6. The van der Waals surface area contributed by atoms with E-state index < -0.39 is 0 Å². The molecular formula is C15H22N4. The molecule has 0 spiro atoms. The number of nitrogens with two attached hydrogens (primary N) is 1. The zero-order valence-electron chi connectivity index (χ0n) is 11.6. The standard InChI is InChI=1S/C15H22N4/c1-9-17-13(8-16)19-14(18-9)15-5-10-2-11(6-15)4-12(3-10)7-15/h10-12H,2-8,16H2,1H3. The van der Waals surface area contributed by atoms with E-state index in [2.05, 4.69) is 4.98 Å². The zero-order chi connectivity index (χ0) is 13.0. The molecule has 4 saturated carbocycles.